The molecule has 0 radical (unpaired) electrons. The topological polar surface area (TPSA) is 662 Å². The molecule has 3 aromatic rings. The van der Waals surface area contributed by atoms with Gasteiger partial charge in [0, 0.05) is 33.8 Å². The Kier molecular flexibility index (Phi) is 29.5. The number of hydrogen-bond acceptors (Lipinski definition) is 44. The van der Waals surface area contributed by atoms with E-state index in [1.54, 1.807) is 25.1 Å². The lowest BCUT2D eigenvalue weighted by Gasteiger charge is -2.50. The molecule has 23 aliphatic rings. The summed E-state index contributed by atoms with van der Waals surface area (Å²) in [5.41, 5.74) is 0.176. The van der Waals surface area contributed by atoms with Crippen molar-refractivity contribution in [1.29, 1.82) is 0 Å². The average Bonchev–Trinajstić information content (AvgIpc) is 1.52. The highest BCUT2D eigenvalue weighted by Crippen LogP contribution is 2.45. The van der Waals surface area contributed by atoms with E-state index in [0.29, 0.717) is 40.0 Å². The van der Waals surface area contributed by atoms with Crippen LogP contribution in [0.1, 0.15) is 49.4 Å². The van der Waals surface area contributed by atoms with Gasteiger partial charge in [-0.3, -0.25) is 14.4 Å². The Hall–Kier alpha value is -4.87. The first-order valence-electron chi connectivity index (χ1n) is 38.6. The quantitative estimate of drug-likeness (QED) is 0.0388. The lowest BCUT2D eigenvalue weighted by Crippen LogP contribution is -2.68. The number of thioether (sulfide) groups is 2. The van der Waals surface area contributed by atoms with Crippen molar-refractivity contribution in [1.82, 2.24) is 20.2 Å². The number of likely N-dealkylation sites (N-methyl/N-ethyl adjacent to an activating group) is 1. The number of aromatic hydroxyl groups is 1. The number of aryl methyl sites for hydroxylation is 1. The number of aromatic nitrogens is 2. The van der Waals surface area contributed by atoms with Crippen LogP contribution in [-0.4, -0.2) is 420 Å². The summed E-state index contributed by atoms with van der Waals surface area (Å²) in [7, 11) is 1.37. The van der Waals surface area contributed by atoms with E-state index in [4.69, 9.17) is 80.8 Å². The maximum atomic E-state index is 14.4. The van der Waals surface area contributed by atoms with Gasteiger partial charge in [0.2, 0.25) is 11.5 Å². The molecule has 37 atom stereocenters. The smallest absolute Gasteiger partial charge is 0.355 e. The summed E-state index contributed by atoms with van der Waals surface area (Å²) in [4.78, 5) is 61.4. The third-order valence-electron chi connectivity index (χ3n) is 22.9. The van der Waals surface area contributed by atoms with Gasteiger partial charge in [0.25, 0.3) is 5.56 Å². The Balaban J connectivity index is 0.747. The SMILES string of the molecule is CCSCC1O[C@H]2O[C@@H]3C(CO)O[C@@H](O[C@@H]4C(CO)O[C@@H](O[C@@H]5C(CSC[C@@H](NC)C(=O)NCC(=O)O[C@@]6(CC)C(=O)OCc7c6cc6n(c7=O)Cc7c-6nc6ccc(O)cc6c7CC)O[C@@H](O[C@@H]6C(CO)O[C@H](O[C@@H]7C(CO)O[C@H](O[C@@H]8C(CO)O[C@@H](O[C@H]1[C@H](O)C2O)C(O)[C@H]8O)C(O)[C@H]7O)C(O)[C@H]6O)C(O)[C@H]5O)C(O)[C@H]4O)C(O)[C@H]3O. The monoisotopic (exact) mass is 1730 g/mol. The Bertz CT molecular complexity index is 4010. The molecule has 46 heteroatoms. The predicted molar refractivity (Wildman–Crippen MR) is 390 cm³/mol. The Morgan fingerprint density at radius 3 is 1.25 bits per heavy atom. The zero-order valence-electron chi connectivity index (χ0n) is 63.8. The number of aliphatic hydroxyl groups is 19. The number of aliphatic hydroxyl groups excluding tert-OH is 19. The number of esters is 2. The summed E-state index contributed by atoms with van der Waals surface area (Å²) in [5, 5.41) is 235. The number of carbonyl (C=O) groups excluding carboxylic acids is 3. The van der Waals surface area contributed by atoms with Crippen molar-refractivity contribution in [2.24, 2.45) is 0 Å². The van der Waals surface area contributed by atoms with Crippen LogP contribution < -0.4 is 16.2 Å². The molecule has 2 aromatic heterocycles. The van der Waals surface area contributed by atoms with Gasteiger partial charge in [-0.1, -0.05) is 20.8 Å². The number of rotatable bonds is 19. The van der Waals surface area contributed by atoms with Crippen LogP contribution in [0.5, 0.6) is 5.75 Å². The van der Waals surface area contributed by atoms with Crippen LogP contribution in [-0.2, 0) is 115 Å². The molecule has 14 bridgehead atoms. The van der Waals surface area contributed by atoms with Crippen LogP contribution in [0.3, 0.4) is 0 Å². The molecule has 44 nitrogen and oxygen atoms in total. The minimum absolute atomic E-state index is 0.0161. The second-order valence-corrected chi connectivity index (χ2v) is 32.5. The fraction of sp³-hybridized carbons (Fsp3) is 0.764. The van der Waals surface area contributed by atoms with Crippen molar-refractivity contribution >= 4 is 52.3 Å². The van der Waals surface area contributed by atoms with Gasteiger partial charge in [0.05, 0.1) is 80.3 Å². The zero-order chi connectivity index (χ0) is 84.9. The number of nitrogens with zero attached hydrogens (tertiary/aromatic N) is 2. The molecule has 0 spiro atoms. The van der Waals surface area contributed by atoms with Crippen molar-refractivity contribution in [3.63, 3.8) is 0 Å². The van der Waals surface area contributed by atoms with Crippen LogP contribution in [0.2, 0.25) is 0 Å². The molecule has 0 aliphatic carbocycles. The van der Waals surface area contributed by atoms with Gasteiger partial charge in [-0.2, -0.15) is 23.5 Å². The molecule has 21 saturated heterocycles. The number of amides is 1. The number of phenolic OH excluding ortho intramolecular Hbond substituents is 1. The van der Waals surface area contributed by atoms with Crippen LogP contribution in [0, 0.1) is 0 Å². The Labute approximate surface area is 679 Å². The highest BCUT2D eigenvalue weighted by atomic mass is 32.2. The van der Waals surface area contributed by atoms with Crippen LogP contribution in [0.4, 0.5) is 0 Å². The van der Waals surface area contributed by atoms with Crippen molar-refractivity contribution in [3.8, 4) is 17.1 Å². The van der Waals surface area contributed by atoms with E-state index >= 15 is 0 Å². The molecule has 1 amide bonds. The first kappa shape index (κ1) is 90.8. The predicted octanol–water partition coefficient (Wildman–Crippen LogP) is -11.1. The maximum absolute atomic E-state index is 14.4. The molecule has 662 valence electrons. The maximum Gasteiger partial charge on any atom is 0.355 e. The van der Waals surface area contributed by atoms with Gasteiger partial charge in [-0.15, -0.1) is 0 Å². The summed E-state index contributed by atoms with van der Waals surface area (Å²) < 4.78 is 96.4. The van der Waals surface area contributed by atoms with Gasteiger partial charge >= 0.3 is 11.9 Å². The zero-order valence-corrected chi connectivity index (χ0v) is 65.4. The third kappa shape index (κ3) is 17.4. The van der Waals surface area contributed by atoms with Crippen molar-refractivity contribution in [2.75, 3.05) is 69.6 Å². The number of nitrogens with one attached hydrogen (secondary N) is 2. The third-order valence-corrected chi connectivity index (χ3v) is 25.1. The standard InChI is InChI=1S/C72H102N4O40S2/c1-5-24-25-10-23(82)8-9-29(25)75-40-26(24)13-76-31(40)11-28-27(63(76)99)19-101-71(100)72(28,6-2)116-39(83)12-74-62(98)30(73-4)20-118-22-38-61-47(90)54(97)70(108-38)113-59-36(18-81)104-65(50(93)43(59)86)109-55-32(14-77)102-64(48(91)41(55)84)110-56-33(15-78)105-67(51(94)44(56)87)114-60-37(21-117-7-3)107-69(53(96)46(60)89)112-58-35(17-80)103-66(49(92)42(58)85)111-57-34(16-79)106-68(115-61)52(95)45(57)88/h8-11,30,32-38,41-61,64-70,73,77-82,84-97H,5-7,12-22H2,1-4H3,(H,74,98)/t30-,32?,33?,34?,35?,36?,37?,38?,41-,42-,43-,44-,45-,46-,47-,48?,49?,50?,51?,52?,53?,54?,55-,56-,57-,58-,59-,60-,61-,64-,65-,66+,67+,68+,69+,70+,72-/m1/s1. The highest BCUT2D eigenvalue weighted by molar-refractivity contribution is 7.99. The fourth-order valence-corrected chi connectivity index (χ4v) is 18.4. The largest absolute Gasteiger partial charge is 0.508 e. The number of ether oxygens (including phenoxy) is 16. The highest BCUT2D eigenvalue weighted by Gasteiger charge is 2.61. The van der Waals surface area contributed by atoms with E-state index in [9.17, 15) is 121 Å². The number of pyridine rings is 2. The van der Waals surface area contributed by atoms with Crippen molar-refractivity contribution in [3.05, 3.63) is 56.9 Å². The molecule has 21 fully saturated rings. The first-order chi connectivity index (χ1) is 56.4. The minimum atomic E-state index is -2.32. The number of cyclic esters (lactones) is 1. The molecule has 118 heavy (non-hydrogen) atoms. The fourth-order valence-electron chi connectivity index (χ4n) is 16.4. The molecular weight excluding hydrogens is 1620 g/mol. The summed E-state index contributed by atoms with van der Waals surface area (Å²) in [5.74, 6) is -3.35. The van der Waals surface area contributed by atoms with Gasteiger partial charge < -0.3 is 193 Å². The Morgan fingerprint density at radius 1 is 0.517 bits per heavy atom. The van der Waals surface area contributed by atoms with Crippen LogP contribution in [0.15, 0.2) is 29.1 Å². The lowest BCUT2D eigenvalue weighted by atomic mass is 9.85. The van der Waals surface area contributed by atoms with Gasteiger partial charge in [0.1, 0.15) is 178 Å². The average molecular weight is 1730 g/mol. The Morgan fingerprint density at radius 2 is 0.890 bits per heavy atom. The molecular formula is C72H102N4O40S2. The molecule has 0 saturated carbocycles. The van der Waals surface area contributed by atoms with Gasteiger partial charge in [-0.05, 0) is 55.5 Å². The normalized spacial score (nSPS) is 42.5. The molecule has 25 heterocycles. The molecule has 22 N–H and O–H groups in total. The number of fused-ring (bicyclic) bond motifs is 5. The number of hydrogen-bond donors (Lipinski definition) is 22. The molecule has 26 rings (SSSR count). The van der Waals surface area contributed by atoms with Crippen LogP contribution >= 0.6 is 23.5 Å². The number of phenols is 1. The van der Waals surface area contributed by atoms with E-state index in [1.165, 1.54) is 36.4 Å². The second-order valence-electron chi connectivity index (χ2n) is 30.1. The minimum Gasteiger partial charge on any atom is -0.508 e. The van der Waals surface area contributed by atoms with Crippen molar-refractivity contribution in [2.45, 2.75) is 273 Å². The molecule has 14 unspecified atom stereocenters. The lowest BCUT2D eigenvalue weighted by molar-refractivity contribution is -0.395. The van der Waals surface area contributed by atoms with E-state index in [2.05, 4.69) is 10.6 Å². The van der Waals surface area contributed by atoms with Gasteiger partial charge in [0.15, 0.2) is 44.0 Å². The van der Waals surface area contributed by atoms with Crippen LogP contribution in [0.25, 0.3) is 22.3 Å². The second kappa shape index (κ2) is 38.3. The first-order valence-corrected chi connectivity index (χ1v) is 40.9. The molecule has 23 aliphatic heterocycles. The van der Waals surface area contributed by atoms with E-state index < -0.39 is 302 Å². The summed E-state index contributed by atoms with van der Waals surface area (Å²) >= 11 is 2.07. The van der Waals surface area contributed by atoms with E-state index in [-0.39, 0.29) is 41.3 Å². The van der Waals surface area contributed by atoms with E-state index in [1.807, 2.05) is 6.92 Å². The van der Waals surface area contributed by atoms with Gasteiger partial charge in [-0.25, -0.2) is 9.78 Å². The summed E-state index contributed by atoms with van der Waals surface area (Å²) in [6.45, 7) is -1.43. The number of benzene rings is 1. The summed E-state index contributed by atoms with van der Waals surface area (Å²) in [6.07, 6.45) is -70.7. The number of carbonyl (C=O) groups is 3. The summed E-state index contributed by atoms with van der Waals surface area (Å²) in [6, 6.07) is 5.01. The van der Waals surface area contributed by atoms with E-state index in [0.717, 1.165) is 17.3 Å². The van der Waals surface area contributed by atoms with Crippen molar-refractivity contribution < 1.29 is 192 Å². The molecule has 1 aromatic carbocycles.